The van der Waals surface area contributed by atoms with E-state index in [0.29, 0.717) is 0 Å². The van der Waals surface area contributed by atoms with Gasteiger partial charge < -0.3 is 4.74 Å². The molecule has 0 saturated carbocycles. The van der Waals surface area contributed by atoms with E-state index in [9.17, 15) is 22.0 Å². The van der Waals surface area contributed by atoms with Gasteiger partial charge in [0.1, 0.15) is 4.60 Å². The zero-order valence-electron chi connectivity index (χ0n) is 7.86. The summed E-state index contributed by atoms with van der Waals surface area (Å²) in [6, 6.07) is 0.767. The number of halogens is 7. The molecule has 1 rings (SSSR count). The number of rotatable bonds is 3. The molecule has 96 valence electrons. The Balaban J connectivity index is 3.27. The van der Waals surface area contributed by atoms with Crippen LogP contribution in [0.1, 0.15) is 17.7 Å². The number of ether oxygens (including phenoxy) is 1. The average molecular weight is 340 g/mol. The molecular weight excluding hydrogens is 336 g/mol. The molecule has 0 spiro atoms. The Morgan fingerprint density at radius 3 is 2.41 bits per heavy atom. The third-order valence-corrected chi connectivity index (χ3v) is 2.41. The quantitative estimate of drug-likeness (QED) is 0.462. The van der Waals surface area contributed by atoms with Crippen molar-refractivity contribution in [3.63, 3.8) is 0 Å². The second-order valence-corrected chi connectivity index (χ2v) is 3.82. The molecule has 2 nitrogen and oxygen atoms in total. The summed E-state index contributed by atoms with van der Waals surface area (Å²) >= 11 is 8.00. The van der Waals surface area contributed by atoms with Gasteiger partial charge in [-0.15, -0.1) is 24.8 Å². The molecule has 1 aromatic rings. The summed E-state index contributed by atoms with van der Waals surface area (Å²) in [5.41, 5.74) is -0.900. The van der Waals surface area contributed by atoms with Crippen molar-refractivity contribution in [1.29, 1.82) is 0 Å². The fraction of sp³-hybridized carbons (Fsp3) is 0.375. The highest BCUT2D eigenvalue weighted by Crippen LogP contribution is 2.38. The molecule has 0 saturated heterocycles. The van der Waals surface area contributed by atoms with Crippen molar-refractivity contribution in [2.75, 3.05) is 0 Å². The van der Waals surface area contributed by atoms with Crippen LogP contribution in [0.5, 0.6) is 5.75 Å². The van der Waals surface area contributed by atoms with Gasteiger partial charge in [0, 0.05) is 0 Å². The zero-order chi connectivity index (χ0) is 13.2. The van der Waals surface area contributed by atoms with Crippen molar-refractivity contribution in [3.8, 4) is 5.75 Å². The predicted octanol–water partition coefficient (Wildman–Crippen LogP) is 4.42. The summed E-state index contributed by atoms with van der Waals surface area (Å²) in [7, 11) is 0. The molecule has 0 atom stereocenters. The summed E-state index contributed by atoms with van der Waals surface area (Å²) in [5.74, 6) is -1.26. The molecule has 9 heteroatoms. The van der Waals surface area contributed by atoms with Gasteiger partial charge in [-0.2, -0.15) is 0 Å². The van der Waals surface area contributed by atoms with E-state index in [2.05, 4.69) is 25.7 Å². The van der Waals surface area contributed by atoms with Crippen molar-refractivity contribution in [3.05, 3.63) is 21.9 Å². The largest absolute Gasteiger partial charge is 0.573 e. The van der Waals surface area contributed by atoms with Crippen molar-refractivity contribution in [2.45, 2.75) is 18.7 Å². The number of pyridine rings is 1. The van der Waals surface area contributed by atoms with Crippen LogP contribution in [0, 0.1) is 0 Å². The SMILES string of the molecule is FC(F)c1cc(CCl)nc(Br)c1OC(F)(F)F. The maximum atomic E-state index is 12.6. The fourth-order valence-corrected chi connectivity index (χ4v) is 1.70. The summed E-state index contributed by atoms with van der Waals surface area (Å²) in [6.07, 6.45) is -8.20. The van der Waals surface area contributed by atoms with Crippen molar-refractivity contribution >= 4 is 27.5 Å². The molecule has 0 fully saturated rings. The minimum atomic E-state index is -5.07. The van der Waals surface area contributed by atoms with Gasteiger partial charge in [-0.25, -0.2) is 13.8 Å². The molecule has 1 heterocycles. The lowest BCUT2D eigenvalue weighted by atomic mass is 10.2. The van der Waals surface area contributed by atoms with E-state index in [1.54, 1.807) is 0 Å². The molecule has 0 amide bonds. The molecule has 0 radical (unpaired) electrons. The van der Waals surface area contributed by atoms with Gasteiger partial charge in [0.2, 0.25) is 0 Å². The number of nitrogens with zero attached hydrogens (tertiary/aromatic N) is 1. The normalized spacial score (nSPS) is 12.0. The van der Waals surface area contributed by atoms with Crippen LogP contribution in [0.4, 0.5) is 22.0 Å². The van der Waals surface area contributed by atoms with Gasteiger partial charge in [0.05, 0.1) is 17.1 Å². The van der Waals surface area contributed by atoms with Crippen LogP contribution >= 0.6 is 27.5 Å². The van der Waals surface area contributed by atoms with Crippen LogP contribution < -0.4 is 4.74 Å². The van der Waals surface area contributed by atoms with Crippen LogP contribution in [0.15, 0.2) is 10.7 Å². The molecule has 17 heavy (non-hydrogen) atoms. The molecule has 0 aliphatic heterocycles. The van der Waals surface area contributed by atoms with Crippen LogP contribution in [-0.4, -0.2) is 11.3 Å². The Morgan fingerprint density at radius 2 is 2.00 bits per heavy atom. The van der Waals surface area contributed by atoms with Crippen LogP contribution in [0.25, 0.3) is 0 Å². The zero-order valence-corrected chi connectivity index (χ0v) is 10.2. The average Bonchev–Trinajstić information content (AvgIpc) is 2.18. The lowest BCUT2D eigenvalue weighted by molar-refractivity contribution is -0.275. The minimum Gasteiger partial charge on any atom is -0.402 e. The molecule has 0 N–H and O–H groups in total. The first-order valence-corrected chi connectivity index (χ1v) is 5.36. The van der Waals surface area contributed by atoms with Gasteiger partial charge >= 0.3 is 6.36 Å². The Bertz CT molecular complexity index is 412. The first-order chi connectivity index (χ1) is 7.74. The highest BCUT2D eigenvalue weighted by atomic mass is 79.9. The Morgan fingerprint density at radius 1 is 1.41 bits per heavy atom. The monoisotopic (exact) mass is 339 g/mol. The van der Waals surface area contributed by atoms with Gasteiger partial charge in [-0.1, -0.05) is 0 Å². The fourth-order valence-electron chi connectivity index (χ4n) is 1.02. The Hall–Kier alpha value is -0.630. The van der Waals surface area contributed by atoms with Crippen LogP contribution in [-0.2, 0) is 5.88 Å². The Kier molecular flexibility index (Phi) is 4.54. The summed E-state index contributed by atoms with van der Waals surface area (Å²) < 4.78 is 64.2. The summed E-state index contributed by atoms with van der Waals surface area (Å²) in [5, 5.41) is 0. The molecule has 0 unspecified atom stereocenters. The summed E-state index contributed by atoms with van der Waals surface area (Å²) in [6.45, 7) is 0. The van der Waals surface area contributed by atoms with Crippen LogP contribution in [0.2, 0.25) is 0 Å². The number of hydrogen-bond acceptors (Lipinski definition) is 2. The topological polar surface area (TPSA) is 22.1 Å². The molecule has 1 aromatic heterocycles. The smallest absolute Gasteiger partial charge is 0.402 e. The number of alkyl halides is 6. The maximum Gasteiger partial charge on any atom is 0.573 e. The molecule has 0 bridgehead atoms. The Labute approximate surface area is 106 Å². The van der Waals surface area contributed by atoms with Crippen LogP contribution in [0.3, 0.4) is 0 Å². The van der Waals surface area contributed by atoms with E-state index >= 15 is 0 Å². The van der Waals surface area contributed by atoms with E-state index in [0.717, 1.165) is 6.07 Å². The number of hydrogen-bond donors (Lipinski definition) is 0. The second kappa shape index (κ2) is 5.34. The highest BCUT2D eigenvalue weighted by molar-refractivity contribution is 9.10. The highest BCUT2D eigenvalue weighted by Gasteiger charge is 2.35. The van der Waals surface area contributed by atoms with Gasteiger partial charge in [0.25, 0.3) is 6.43 Å². The van der Waals surface area contributed by atoms with E-state index in [-0.39, 0.29) is 11.6 Å². The molecule has 0 aromatic carbocycles. The van der Waals surface area contributed by atoms with Crippen molar-refractivity contribution in [2.24, 2.45) is 0 Å². The standard InChI is InChI=1S/C8H4BrClF5NO/c9-6-5(17-8(13,14)15)4(7(11)12)1-3(2-10)16-6/h1,7H,2H2. The minimum absolute atomic E-state index is 0.0170. The first kappa shape index (κ1) is 14.4. The van der Waals surface area contributed by atoms with E-state index in [4.69, 9.17) is 11.6 Å². The third-order valence-electron chi connectivity index (χ3n) is 1.60. The molecular formula is C8H4BrClF5NO. The predicted molar refractivity (Wildman–Crippen MR) is 53.1 cm³/mol. The second-order valence-electron chi connectivity index (χ2n) is 2.80. The summed E-state index contributed by atoms with van der Waals surface area (Å²) in [4.78, 5) is 3.55. The molecule has 0 aliphatic rings. The van der Waals surface area contributed by atoms with Gasteiger partial charge in [-0.3, -0.25) is 0 Å². The van der Waals surface area contributed by atoms with E-state index in [1.807, 2.05) is 0 Å². The van der Waals surface area contributed by atoms with E-state index < -0.39 is 28.7 Å². The van der Waals surface area contributed by atoms with Crippen molar-refractivity contribution in [1.82, 2.24) is 4.98 Å². The lowest BCUT2D eigenvalue weighted by Crippen LogP contribution is -2.19. The first-order valence-electron chi connectivity index (χ1n) is 4.03. The van der Waals surface area contributed by atoms with Gasteiger partial charge in [-0.05, 0) is 22.0 Å². The third kappa shape index (κ3) is 3.95. The maximum absolute atomic E-state index is 12.6. The number of aromatic nitrogens is 1. The molecule has 0 aliphatic carbocycles. The van der Waals surface area contributed by atoms with Crippen molar-refractivity contribution < 1.29 is 26.7 Å². The van der Waals surface area contributed by atoms with E-state index in [1.165, 1.54) is 0 Å². The van der Waals surface area contributed by atoms with Gasteiger partial charge in [0.15, 0.2) is 5.75 Å². The lowest BCUT2D eigenvalue weighted by Gasteiger charge is -2.14.